The second-order valence-electron chi connectivity index (χ2n) is 6.21. The minimum atomic E-state index is 0.363. The number of aromatic hydroxyl groups is 1. The molecule has 1 aromatic carbocycles. The van der Waals surface area contributed by atoms with Crippen LogP contribution in [0.15, 0.2) is 42.6 Å². The highest BCUT2D eigenvalue weighted by molar-refractivity contribution is 5.85. The van der Waals surface area contributed by atoms with Gasteiger partial charge in [0.1, 0.15) is 11.3 Å². The van der Waals surface area contributed by atoms with Gasteiger partial charge < -0.3 is 5.11 Å². The normalized spacial score (nSPS) is 11.5. The Morgan fingerprint density at radius 3 is 2.57 bits per heavy atom. The molecule has 0 aliphatic heterocycles. The molecule has 0 saturated carbocycles. The number of fused-ring (bicyclic) bond motifs is 1. The number of unbranched alkanes of at least 4 members (excludes halogenated alkanes) is 6. The van der Waals surface area contributed by atoms with Crippen molar-refractivity contribution < 1.29 is 5.11 Å². The number of hydrogen-bond acceptors (Lipinski definition) is 2. The third-order valence-electron chi connectivity index (χ3n) is 4.29. The number of rotatable bonds is 10. The summed E-state index contributed by atoms with van der Waals surface area (Å²) in [5.41, 5.74) is 1.75. The smallest absolute Gasteiger partial charge is 0.144 e. The Hall–Kier alpha value is -1.83. The van der Waals surface area contributed by atoms with Gasteiger partial charge in [-0.2, -0.15) is 0 Å². The summed E-state index contributed by atoms with van der Waals surface area (Å²) in [4.78, 5) is 4.28. The first-order valence-corrected chi connectivity index (χ1v) is 9.03. The molecular weight excluding hydrogens is 282 g/mol. The van der Waals surface area contributed by atoms with Gasteiger partial charge in [0, 0.05) is 11.6 Å². The van der Waals surface area contributed by atoms with Crippen LogP contribution in [0, 0.1) is 0 Å². The molecule has 2 rings (SSSR count). The van der Waals surface area contributed by atoms with E-state index in [1.807, 2.05) is 18.2 Å². The summed E-state index contributed by atoms with van der Waals surface area (Å²) >= 11 is 0. The van der Waals surface area contributed by atoms with Crippen LogP contribution in [0.5, 0.6) is 5.75 Å². The standard InChI is InChI=1S/C21H29NO/c1-2-3-4-5-6-7-8-9-10-11-13-19-16-15-18-14-12-17-22-20(18)21(19)23/h5-6,12,14-17,23H,2-4,7-11,13H2,1H3/b6-5+. The number of pyridine rings is 1. The summed E-state index contributed by atoms with van der Waals surface area (Å²) in [6.45, 7) is 2.23. The molecular formula is C21H29NO. The Morgan fingerprint density at radius 2 is 1.74 bits per heavy atom. The third-order valence-corrected chi connectivity index (χ3v) is 4.29. The molecule has 0 saturated heterocycles. The number of phenols is 1. The maximum atomic E-state index is 10.3. The Kier molecular flexibility index (Phi) is 7.65. The largest absolute Gasteiger partial charge is 0.505 e. The van der Waals surface area contributed by atoms with Crippen LogP contribution in [-0.4, -0.2) is 10.1 Å². The molecule has 0 aliphatic carbocycles. The van der Waals surface area contributed by atoms with Gasteiger partial charge >= 0.3 is 0 Å². The second kappa shape index (κ2) is 10.0. The SMILES string of the molecule is CCCC/C=C/CCCCCCc1ccc2cccnc2c1O. The molecule has 0 radical (unpaired) electrons. The average Bonchev–Trinajstić information content (AvgIpc) is 2.58. The summed E-state index contributed by atoms with van der Waals surface area (Å²) < 4.78 is 0. The fourth-order valence-electron chi connectivity index (χ4n) is 2.86. The highest BCUT2D eigenvalue weighted by atomic mass is 16.3. The first kappa shape index (κ1) is 17.5. The molecule has 0 spiro atoms. The van der Waals surface area contributed by atoms with E-state index in [1.54, 1.807) is 6.20 Å². The molecule has 0 unspecified atom stereocenters. The molecule has 1 aromatic heterocycles. The molecule has 0 bridgehead atoms. The van der Waals surface area contributed by atoms with E-state index in [4.69, 9.17) is 0 Å². The summed E-state index contributed by atoms with van der Waals surface area (Å²) in [5.74, 6) is 0.363. The van der Waals surface area contributed by atoms with E-state index in [1.165, 1.54) is 44.9 Å². The fraction of sp³-hybridized carbons (Fsp3) is 0.476. The molecule has 1 heterocycles. The zero-order chi connectivity index (χ0) is 16.3. The number of aryl methyl sites for hydroxylation is 1. The van der Waals surface area contributed by atoms with Crippen molar-refractivity contribution in [1.82, 2.24) is 4.98 Å². The lowest BCUT2D eigenvalue weighted by atomic mass is 10.0. The van der Waals surface area contributed by atoms with Crippen LogP contribution in [0.1, 0.15) is 63.9 Å². The summed E-state index contributed by atoms with van der Waals surface area (Å²) in [5, 5.41) is 11.3. The molecule has 2 nitrogen and oxygen atoms in total. The van der Waals surface area contributed by atoms with Crippen molar-refractivity contribution in [2.24, 2.45) is 0 Å². The predicted molar refractivity (Wildman–Crippen MR) is 98.9 cm³/mol. The Labute approximate surface area is 140 Å². The van der Waals surface area contributed by atoms with Crippen LogP contribution in [0.4, 0.5) is 0 Å². The van der Waals surface area contributed by atoms with Crippen molar-refractivity contribution in [3.8, 4) is 5.75 Å². The average molecular weight is 311 g/mol. The lowest BCUT2D eigenvalue weighted by Gasteiger charge is -2.07. The maximum Gasteiger partial charge on any atom is 0.144 e. The van der Waals surface area contributed by atoms with Crippen LogP contribution in [0.2, 0.25) is 0 Å². The van der Waals surface area contributed by atoms with E-state index < -0.39 is 0 Å². The maximum absolute atomic E-state index is 10.3. The van der Waals surface area contributed by atoms with Crippen molar-refractivity contribution in [3.05, 3.63) is 48.2 Å². The first-order chi connectivity index (χ1) is 11.3. The van der Waals surface area contributed by atoms with Gasteiger partial charge in [-0.25, -0.2) is 0 Å². The molecule has 0 amide bonds. The molecule has 2 aromatic rings. The molecule has 0 fully saturated rings. The van der Waals surface area contributed by atoms with Gasteiger partial charge in [0.2, 0.25) is 0 Å². The van der Waals surface area contributed by atoms with E-state index in [0.717, 1.165) is 29.3 Å². The number of aromatic nitrogens is 1. The van der Waals surface area contributed by atoms with Crippen molar-refractivity contribution >= 4 is 10.9 Å². The van der Waals surface area contributed by atoms with E-state index in [2.05, 4.69) is 30.1 Å². The van der Waals surface area contributed by atoms with Crippen molar-refractivity contribution in [2.45, 2.75) is 64.7 Å². The highest BCUT2D eigenvalue weighted by Crippen LogP contribution is 2.28. The van der Waals surface area contributed by atoms with Gasteiger partial charge in [-0.15, -0.1) is 0 Å². The predicted octanol–water partition coefficient (Wildman–Crippen LogP) is 6.18. The summed E-state index contributed by atoms with van der Waals surface area (Å²) in [6.07, 6.45) is 17.2. The first-order valence-electron chi connectivity index (χ1n) is 9.03. The number of nitrogens with zero attached hydrogens (tertiary/aromatic N) is 1. The van der Waals surface area contributed by atoms with E-state index >= 15 is 0 Å². The Morgan fingerprint density at radius 1 is 0.957 bits per heavy atom. The zero-order valence-electron chi connectivity index (χ0n) is 14.3. The minimum absolute atomic E-state index is 0.363. The van der Waals surface area contributed by atoms with Crippen LogP contribution < -0.4 is 0 Å². The minimum Gasteiger partial charge on any atom is -0.505 e. The van der Waals surface area contributed by atoms with Gasteiger partial charge in [-0.3, -0.25) is 4.98 Å². The fourth-order valence-corrected chi connectivity index (χ4v) is 2.86. The van der Waals surface area contributed by atoms with Crippen molar-refractivity contribution in [2.75, 3.05) is 0 Å². The quantitative estimate of drug-likeness (QED) is 0.420. The second-order valence-corrected chi connectivity index (χ2v) is 6.21. The summed E-state index contributed by atoms with van der Waals surface area (Å²) in [7, 11) is 0. The van der Waals surface area contributed by atoms with Gasteiger partial charge in [0.15, 0.2) is 0 Å². The van der Waals surface area contributed by atoms with Gasteiger partial charge in [-0.1, -0.05) is 63.0 Å². The monoisotopic (exact) mass is 311 g/mol. The van der Waals surface area contributed by atoms with Gasteiger partial charge in [0.25, 0.3) is 0 Å². The van der Waals surface area contributed by atoms with Gasteiger partial charge in [0.05, 0.1) is 0 Å². The van der Waals surface area contributed by atoms with Crippen LogP contribution in [-0.2, 0) is 6.42 Å². The van der Waals surface area contributed by atoms with Crippen molar-refractivity contribution in [3.63, 3.8) is 0 Å². The number of phenolic OH excluding ortho intramolecular Hbond substituents is 1. The molecule has 23 heavy (non-hydrogen) atoms. The lowest BCUT2D eigenvalue weighted by Crippen LogP contribution is -1.89. The lowest BCUT2D eigenvalue weighted by molar-refractivity contribution is 0.471. The van der Waals surface area contributed by atoms with E-state index in [0.29, 0.717) is 5.75 Å². The topological polar surface area (TPSA) is 33.1 Å². The Balaban J connectivity index is 1.67. The van der Waals surface area contributed by atoms with E-state index in [-0.39, 0.29) is 0 Å². The van der Waals surface area contributed by atoms with Gasteiger partial charge in [-0.05, 0) is 43.7 Å². The molecule has 1 N–H and O–H groups in total. The molecule has 124 valence electrons. The zero-order valence-corrected chi connectivity index (χ0v) is 14.3. The molecule has 2 heteroatoms. The summed E-state index contributed by atoms with van der Waals surface area (Å²) in [6, 6.07) is 7.98. The number of hydrogen-bond donors (Lipinski definition) is 1. The highest BCUT2D eigenvalue weighted by Gasteiger charge is 2.06. The number of allylic oxidation sites excluding steroid dienone is 2. The van der Waals surface area contributed by atoms with E-state index in [9.17, 15) is 5.11 Å². The van der Waals surface area contributed by atoms with Crippen LogP contribution >= 0.6 is 0 Å². The van der Waals surface area contributed by atoms with Crippen LogP contribution in [0.3, 0.4) is 0 Å². The van der Waals surface area contributed by atoms with Crippen molar-refractivity contribution in [1.29, 1.82) is 0 Å². The molecule has 0 aliphatic rings. The third kappa shape index (κ3) is 5.70. The van der Waals surface area contributed by atoms with Crippen LogP contribution in [0.25, 0.3) is 10.9 Å². The molecule has 0 atom stereocenters. The number of benzene rings is 1. The Bertz CT molecular complexity index is 618.